The molecule has 0 aromatic carbocycles. The molecule has 0 unspecified atom stereocenters. The van der Waals surface area contributed by atoms with Crippen molar-refractivity contribution in [2.24, 2.45) is 0 Å². The molecule has 1 heterocycles. The van der Waals surface area contributed by atoms with Gasteiger partial charge in [-0.05, 0) is 43.4 Å². The highest BCUT2D eigenvalue weighted by atomic mass is 127. The van der Waals surface area contributed by atoms with Crippen molar-refractivity contribution in [2.75, 3.05) is 7.11 Å². The Morgan fingerprint density at radius 3 is 2.27 bits per heavy atom. The molecule has 0 amide bonds. The van der Waals surface area contributed by atoms with Crippen molar-refractivity contribution in [3.05, 3.63) is 9.26 Å². The quantitative estimate of drug-likeness (QED) is 0.779. The van der Waals surface area contributed by atoms with E-state index in [9.17, 15) is 8.78 Å². The van der Waals surface area contributed by atoms with Gasteiger partial charge in [-0.15, -0.1) is 0 Å². The highest BCUT2D eigenvalue weighted by Crippen LogP contribution is 2.35. The van der Waals surface area contributed by atoms with Crippen molar-refractivity contribution in [1.82, 2.24) is 9.78 Å². The van der Waals surface area contributed by atoms with Gasteiger partial charge in [0, 0.05) is 0 Å². The molecule has 0 spiro atoms. The molecule has 0 radical (unpaired) electrons. The molecule has 0 aliphatic carbocycles. The van der Waals surface area contributed by atoms with E-state index in [-0.39, 0.29) is 20.7 Å². The third kappa shape index (κ3) is 2.40. The molecule has 1 rings (SSSR count). The lowest BCUT2D eigenvalue weighted by Crippen LogP contribution is -2.24. The summed E-state index contributed by atoms with van der Waals surface area (Å²) in [5.74, 6) is 0.141. The number of rotatable bonds is 2. The molecule has 86 valence electrons. The number of nitrogens with zero attached hydrogens (tertiary/aromatic N) is 2. The zero-order chi connectivity index (χ0) is 11.8. The number of ether oxygens (including phenoxy) is 1. The molecule has 0 aliphatic rings. The Hall–Kier alpha value is -0.400. The summed E-state index contributed by atoms with van der Waals surface area (Å²) in [5.41, 5.74) is -0.508. The van der Waals surface area contributed by atoms with Crippen LogP contribution in [0.15, 0.2) is 0 Å². The van der Waals surface area contributed by atoms with Gasteiger partial charge in [0.1, 0.15) is 9.26 Å². The SMILES string of the molecule is COc1c(C(F)F)c(I)nn1C(C)(C)C. The van der Waals surface area contributed by atoms with Crippen molar-refractivity contribution in [2.45, 2.75) is 32.7 Å². The number of hydrogen-bond acceptors (Lipinski definition) is 2. The monoisotopic (exact) mass is 330 g/mol. The van der Waals surface area contributed by atoms with Crippen LogP contribution in [0.1, 0.15) is 32.8 Å². The molecule has 0 saturated heterocycles. The van der Waals surface area contributed by atoms with Crippen LogP contribution in [0.5, 0.6) is 5.88 Å². The van der Waals surface area contributed by atoms with Crippen LogP contribution >= 0.6 is 22.6 Å². The van der Waals surface area contributed by atoms with Crippen LogP contribution in [0.4, 0.5) is 8.78 Å². The second-order valence-corrected chi connectivity index (χ2v) is 5.12. The number of methoxy groups -OCH3 is 1. The molecular formula is C9H13F2IN2O. The van der Waals surface area contributed by atoms with Gasteiger partial charge in [0.2, 0.25) is 5.88 Å². The maximum atomic E-state index is 12.7. The van der Waals surface area contributed by atoms with Gasteiger partial charge in [-0.3, -0.25) is 0 Å². The van der Waals surface area contributed by atoms with E-state index in [1.807, 2.05) is 20.8 Å². The highest BCUT2D eigenvalue weighted by molar-refractivity contribution is 14.1. The predicted octanol–water partition coefficient (Wildman–Crippen LogP) is 3.19. The average molecular weight is 330 g/mol. The lowest BCUT2D eigenvalue weighted by Gasteiger charge is -2.21. The molecule has 0 atom stereocenters. The van der Waals surface area contributed by atoms with Gasteiger partial charge in [-0.25, -0.2) is 13.5 Å². The topological polar surface area (TPSA) is 27.1 Å². The molecule has 1 aromatic rings. The zero-order valence-corrected chi connectivity index (χ0v) is 11.2. The number of aromatic nitrogens is 2. The summed E-state index contributed by atoms with van der Waals surface area (Å²) in [4.78, 5) is 0. The van der Waals surface area contributed by atoms with E-state index < -0.39 is 6.43 Å². The number of halogens is 3. The fraction of sp³-hybridized carbons (Fsp3) is 0.667. The molecule has 0 aliphatic heterocycles. The van der Waals surface area contributed by atoms with Crippen molar-refractivity contribution < 1.29 is 13.5 Å². The van der Waals surface area contributed by atoms with Crippen LogP contribution in [-0.4, -0.2) is 16.9 Å². The highest BCUT2D eigenvalue weighted by Gasteiger charge is 2.29. The Morgan fingerprint density at radius 1 is 1.40 bits per heavy atom. The third-order valence-electron chi connectivity index (χ3n) is 1.88. The molecule has 3 nitrogen and oxygen atoms in total. The van der Waals surface area contributed by atoms with E-state index in [2.05, 4.69) is 5.10 Å². The first kappa shape index (κ1) is 12.7. The van der Waals surface area contributed by atoms with Gasteiger partial charge < -0.3 is 4.74 Å². The largest absolute Gasteiger partial charge is 0.481 e. The van der Waals surface area contributed by atoms with Gasteiger partial charge in [0.05, 0.1) is 12.6 Å². The van der Waals surface area contributed by atoms with Crippen molar-refractivity contribution in [1.29, 1.82) is 0 Å². The predicted molar refractivity (Wildman–Crippen MR) is 61.4 cm³/mol. The molecular weight excluding hydrogens is 317 g/mol. The minimum Gasteiger partial charge on any atom is -0.481 e. The summed E-state index contributed by atoms with van der Waals surface area (Å²) in [5, 5.41) is 4.07. The van der Waals surface area contributed by atoms with Crippen LogP contribution in [-0.2, 0) is 5.54 Å². The minimum absolute atomic E-state index is 0.131. The molecule has 6 heteroatoms. The van der Waals surface area contributed by atoms with Crippen LogP contribution < -0.4 is 4.74 Å². The minimum atomic E-state index is -2.57. The van der Waals surface area contributed by atoms with Crippen molar-refractivity contribution in [3.63, 3.8) is 0 Å². The van der Waals surface area contributed by atoms with E-state index in [4.69, 9.17) is 4.74 Å². The first-order chi connectivity index (χ1) is 6.79. The summed E-state index contributed by atoms with van der Waals surface area (Å²) >= 11 is 1.79. The third-order valence-corrected chi connectivity index (χ3v) is 2.68. The first-order valence-corrected chi connectivity index (χ1v) is 5.48. The Bertz CT molecular complexity index is 358. The lowest BCUT2D eigenvalue weighted by molar-refractivity contribution is 0.144. The van der Waals surface area contributed by atoms with Gasteiger partial charge in [0.25, 0.3) is 6.43 Å². The molecule has 0 N–H and O–H groups in total. The lowest BCUT2D eigenvalue weighted by atomic mass is 10.1. The molecule has 0 bridgehead atoms. The van der Waals surface area contributed by atoms with Crippen molar-refractivity contribution in [3.8, 4) is 5.88 Å². The van der Waals surface area contributed by atoms with Crippen LogP contribution in [0.3, 0.4) is 0 Å². The first-order valence-electron chi connectivity index (χ1n) is 4.40. The second kappa shape index (κ2) is 4.23. The maximum Gasteiger partial charge on any atom is 0.271 e. The molecule has 0 fully saturated rings. The summed E-state index contributed by atoms with van der Waals surface area (Å²) in [7, 11) is 1.38. The van der Waals surface area contributed by atoms with Crippen LogP contribution in [0.2, 0.25) is 0 Å². The van der Waals surface area contributed by atoms with E-state index in [0.29, 0.717) is 0 Å². The van der Waals surface area contributed by atoms with E-state index >= 15 is 0 Å². The Balaban J connectivity index is 3.38. The number of hydrogen-bond donors (Lipinski definition) is 0. The molecule has 0 saturated carbocycles. The van der Waals surface area contributed by atoms with E-state index in [1.54, 1.807) is 22.6 Å². The summed E-state index contributed by atoms with van der Waals surface area (Å²) in [6.07, 6.45) is -2.57. The Kier molecular flexibility index (Phi) is 3.57. The number of alkyl halides is 2. The Morgan fingerprint density at radius 2 is 1.93 bits per heavy atom. The normalized spacial score (nSPS) is 12.3. The standard InChI is InChI=1S/C9H13F2IN2O/c1-9(2,3)14-8(15-4)5(6(10)11)7(12)13-14/h6H,1-4H3. The van der Waals surface area contributed by atoms with Gasteiger partial charge in [0.15, 0.2) is 0 Å². The summed E-state index contributed by atoms with van der Waals surface area (Å²) < 4.78 is 32.2. The summed E-state index contributed by atoms with van der Waals surface area (Å²) in [6, 6.07) is 0. The molecule has 1 aromatic heterocycles. The fourth-order valence-corrected chi connectivity index (χ4v) is 1.91. The van der Waals surface area contributed by atoms with E-state index in [1.165, 1.54) is 11.8 Å². The van der Waals surface area contributed by atoms with Gasteiger partial charge in [-0.1, -0.05) is 0 Å². The van der Waals surface area contributed by atoms with Crippen LogP contribution in [0.25, 0.3) is 0 Å². The summed E-state index contributed by atoms with van der Waals surface area (Å²) in [6.45, 7) is 5.65. The zero-order valence-electron chi connectivity index (χ0n) is 9.01. The van der Waals surface area contributed by atoms with Crippen LogP contribution in [0, 0.1) is 3.70 Å². The molecule has 15 heavy (non-hydrogen) atoms. The van der Waals surface area contributed by atoms with E-state index in [0.717, 1.165) is 0 Å². The Labute approximate surface area is 101 Å². The smallest absolute Gasteiger partial charge is 0.271 e. The maximum absolute atomic E-state index is 12.7. The second-order valence-electron chi connectivity index (χ2n) is 4.10. The fourth-order valence-electron chi connectivity index (χ4n) is 1.22. The van der Waals surface area contributed by atoms with Gasteiger partial charge >= 0.3 is 0 Å². The average Bonchev–Trinajstić information content (AvgIpc) is 2.41. The van der Waals surface area contributed by atoms with Crippen molar-refractivity contribution >= 4 is 22.6 Å². The van der Waals surface area contributed by atoms with Gasteiger partial charge in [-0.2, -0.15) is 5.10 Å².